The van der Waals surface area contributed by atoms with Gasteiger partial charge in [-0.3, -0.25) is 0 Å². The lowest BCUT2D eigenvalue weighted by Crippen LogP contribution is -2.44. The molecule has 0 saturated heterocycles. The summed E-state index contributed by atoms with van der Waals surface area (Å²) in [4.78, 5) is 14.3. The third-order valence-corrected chi connectivity index (χ3v) is 8.07. The first-order valence-corrected chi connectivity index (χ1v) is 12.4. The molecule has 0 fully saturated rings. The Morgan fingerprint density at radius 1 is 1.19 bits per heavy atom. The Balaban J connectivity index is 1.84. The number of aliphatic hydroxyl groups excluding tert-OH is 2. The lowest BCUT2D eigenvalue weighted by molar-refractivity contribution is -0.164. The van der Waals surface area contributed by atoms with Gasteiger partial charge in [0, 0.05) is 16.7 Å². The number of cyclic esters (lactones) is 1. The second kappa shape index (κ2) is 9.39. The van der Waals surface area contributed by atoms with E-state index in [1.807, 2.05) is 43.5 Å². The molecule has 2 heterocycles. The van der Waals surface area contributed by atoms with Crippen molar-refractivity contribution in [2.75, 3.05) is 0 Å². The van der Waals surface area contributed by atoms with Gasteiger partial charge in [0.25, 0.3) is 0 Å². The molecule has 2 N–H and O–H groups in total. The van der Waals surface area contributed by atoms with Crippen molar-refractivity contribution in [1.29, 1.82) is 0 Å². The molecule has 1 unspecified atom stereocenters. The van der Waals surface area contributed by atoms with Crippen molar-refractivity contribution in [3.8, 4) is 0 Å². The maximum Gasteiger partial charge on any atom is 0.349 e. The van der Waals surface area contributed by atoms with Crippen LogP contribution in [0.2, 0.25) is 0 Å². The average molecular weight is 461 g/mol. The summed E-state index contributed by atoms with van der Waals surface area (Å²) in [6, 6.07) is 7.75. The molecule has 1 atom stereocenters. The van der Waals surface area contributed by atoms with E-state index < -0.39 is 11.6 Å². The number of ether oxygens (including phenoxy) is 1. The SMILES string of the molecule is CC(C)C1(CCc2ccccc2CO)CC(O)=C(Sc2cscc2C(C)(C)C)C(=O)O1. The number of thiophene rings is 1. The monoisotopic (exact) mass is 460 g/mol. The summed E-state index contributed by atoms with van der Waals surface area (Å²) in [6.07, 6.45) is 1.55. The van der Waals surface area contributed by atoms with E-state index in [2.05, 4.69) is 26.2 Å². The molecule has 1 aliphatic heterocycles. The highest BCUT2D eigenvalue weighted by molar-refractivity contribution is 8.04. The molecule has 168 valence electrons. The van der Waals surface area contributed by atoms with Crippen molar-refractivity contribution < 1.29 is 19.7 Å². The zero-order valence-electron chi connectivity index (χ0n) is 18.9. The van der Waals surface area contributed by atoms with Gasteiger partial charge in [-0.25, -0.2) is 4.79 Å². The van der Waals surface area contributed by atoms with Crippen LogP contribution >= 0.6 is 23.1 Å². The fourth-order valence-corrected chi connectivity index (χ4v) is 6.30. The van der Waals surface area contributed by atoms with E-state index in [-0.39, 0.29) is 28.6 Å². The fourth-order valence-electron chi connectivity index (χ4n) is 3.92. The molecule has 0 spiro atoms. The molecule has 3 rings (SSSR count). The van der Waals surface area contributed by atoms with E-state index in [0.29, 0.717) is 19.3 Å². The van der Waals surface area contributed by atoms with Crippen LogP contribution in [0.1, 0.15) is 64.2 Å². The summed E-state index contributed by atoms with van der Waals surface area (Å²) < 4.78 is 6.05. The second-order valence-corrected chi connectivity index (χ2v) is 11.3. The normalized spacial score (nSPS) is 19.8. The Kier molecular flexibility index (Phi) is 7.24. The lowest BCUT2D eigenvalue weighted by Gasteiger charge is -2.40. The first kappa shape index (κ1) is 23.9. The standard InChI is InChI=1S/C25H32O4S2/c1-16(2)25(11-10-17-8-6-7-9-18(17)13-26)12-20(27)22(23(28)29-25)31-21-15-30-14-19(21)24(3,4)5/h6-9,14-16,26-27H,10-13H2,1-5H3. The topological polar surface area (TPSA) is 66.8 Å². The van der Waals surface area contributed by atoms with Crippen LogP contribution in [0.4, 0.5) is 0 Å². The number of aryl methyl sites for hydroxylation is 1. The minimum Gasteiger partial charge on any atom is -0.511 e. The number of rotatable bonds is 7. The fraction of sp³-hybridized carbons (Fsp3) is 0.480. The average Bonchev–Trinajstić information content (AvgIpc) is 3.18. The maximum absolute atomic E-state index is 13.0. The molecule has 0 aliphatic carbocycles. The van der Waals surface area contributed by atoms with Crippen molar-refractivity contribution in [2.45, 2.75) is 76.4 Å². The van der Waals surface area contributed by atoms with Crippen LogP contribution in [0.5, 0.6) is 0 Å². The Hall–Kier alpha value is -1.76. The molecule has 1 aliphatic rings. The van der Waals surface area contributed by atoms with E-state index in [0.717, 1.165) is 21.6 Å². The number of thioether (sulfide) groups is 1. The quantitative estimate of drug-likeness (QED) is 0.470. The molecular formula is C25H32O4S2. The molecule has 0 radical (unpaired) electrons. The molecule has 1 aromatic heterocycles. The van der Waals surface area contributed by atoms with Gasteiger partial charge >= 0.3 is 5.97 Å². The predicted octanol–water partition coefficient (Wildman–Crippen LogP) is 6.37. The molecule has 6 heteroatoms. The van der Waals surface area contributed by atoms with Crippen molar-refractivity contribution in [3.05, 3.63) is 62.4 Å². The Labute approximate surface area is 193 Å². The zero-order valence-corrected chi connectivity index (χ0v) is 20.5. The van der Waals surface area contributed by atoms with E-state index in [1.165, 1.54) is 11.8 Å². The van der Waals surface area contributed by atoms with Gasteiger partial charge in [0.1, 0.15) is 16.3 Å². The Morgan fingerprint density at radius 3 is 2.45 bits per heavy atom. The minimum atomic E-state index is -0.769. The molecule has 1 aromatic carbocycles. The van der Waals surface area contributed by atoms with E-state index in [4.69, 9.17) is 4.74 Å². The third kappa shape index (κ3) is 5.18. The molecule has 0 amide bonds. The highest BCUT2D eigenvalue weighted by Gasteiger charge is 2.44. The van der Waals surface area contributed by atoms with Crippen molar-refractivity contribution in [1.82, 2.24) is 0 Å². The molecule has 0 bridgehead atoms. The molecule has 4 nitrogen and oxygen atoms in total. The number of benzene rings is 1. The first-order valence-electron chi connectivity index (χ1n) is 10.6. The maximum atomic E-state index is 13.0. The Morgan fingerprint density at radius 2 is 1.87 bits per heavy atom. The molecule has 2 aromatic rings. The second-order valence-electron chi connectivity index (χ2n) is 9.49. The summed E-state index contributed by atoms with van der Waals surface area (Å²) in [7, 11) is 0. The first-order chi connectivity index (χ1) is 14.6. The minimum absolute atomic E-state index is 0.0205. The van der Waals surface area contributed by atoms with Gasteiger partial charge in [-0.2, -0.15) is 11.3 Å². The summed E-state index contributed by atoms with van der Waals surface area (Å²) in [5.41, 5.74) is 2.27. The van der Waals surface area contributed by atoms with Crippen LogP contribution in [0, 0.1) is 5.92 Å². The van der Waals surface area contributed by atoms with Crippen LogP contribution < -0.4 is 0 Å². The smallest absolute Gasteiger partial charge is 0.349 e. The van der Waals surface area contributed by atoms with Gasteiger partial charge in [0.05, 0.1) is 6.61 Å². The van der Waals surface area contributed by atoms with E-state index >= 15 is 0 Å². The molecule has 31 heavy (non-hydrogen) atoms. The number of esters is 1. The van der Waals surface area contributed by atoms with Gasteiger partial charge in [-0.1, -0.05) is 70.6 Å². The van der Waals surface area contributed by atoms with Gasteiger partial charge < -0.3 is 14.9 Å². The summed E-state index contributed by atoms with van der Waals surface area (Å²) in [5.74, 6) is -0.307. The van der Waals surface area contributed by atoms with E-state index in [9.17, 15) is 15.0 Å². The van der Waals surface area contributed by atoms with Crippen molar-refractivity contribution in [3.63, 3.8) is 0 Å². The highest BCUT2D eigenvalue weighted by Crippen LogP contribution is 2.45. The van der Waals surface area contributed by atoms with Gasteiger partial charge in [0.2, 0.25) is 0 Å². The van der Waals surface area contributed by atoms with Gasteiger partial charge in [0.15, 0.2) is 0 Å². The number of carbonyl (C=O) groups is 1. The lowest BCUT2D eigenvalue weighted by atomic mass is 9.79. The largest absolute Gasteiger partial charge is 0.511 e. The predicted molar refractivity (Wildman–Crippen MR) is 127 cm³/mol. The third-order valence-electron chi connectivity index (χ3n) is 6.02. The number of carbonyl (C=O) groups excluding carboxylic acids is 1. The van der Waals surface area contributed by atoms with Crippen LogP contribution in [0.25, 0.3) is 0 Å². The van der Waals surface area contributed by atoms with Crippen LogP contribution in [-0.2, 0) is 28.0 Å². The van der Waals surface area contributed by atoms with Crippen LogP contribution in [0.15, 0.2) is 50.6 Å². The summed E-state index contributed by atoms with van der Waals surface area (Å²) in [6.45, 7) is 10.4. The van der Waals surface area contributed by atoms with Crippen LogP contribution in [0.3, 0.4) is 0 Å². The number of aliphatic hydroxyl groups is 2. The highest BCUT2D eigenvalue weighted by atomic mass is 32.2. The summed E-state index contributed by atoms with van der Waals surface area (Å²) >= 11 is 2.91. The van der Waals surface area contributed by atoms with Gasteiger partial charge in [-0.15, -0.1) is 0 Å². The van der Waals surface area contributed by atoms with Crippen molar-refractivity contribution in [2.24, 2.45) is 5.92 Å². The molecular weight excluding hydrogens is 428 g/mol. The van der Waals surface area contributed by atoms with Crippen molar-refractivity contribution >= 4 is 29.1 Å². The molecule has 0 saturated carbocycles. The zero-order chi connectivity index (χ0) is 22.8. The summed E-state index contributed by atoms with van der Waals surface area (Å²) in [5, 5.41) is 24.7. The van der Waals surface area contributed by atoms with Crippen LogP contribution in [-0.4, -0.2) is 21.8 Å². The van der Waals surface area contributed by atoms with Gasteiger partial charge in [-0.05, 0) is 46.2 Å². The Bertz CT molecular complexity index is 968. The number of hydrogen-bond acceptors (Lipinski definition) is 6. The number of hydrogen-bond donors (Lipinski definition) is 2. The van der Waals surface area contributed by atoms with E-state index in [1.54, 1.807) is 11.3 Å².